The zero-order chi connectivity index (χ0) is 32.2. The molecule has 6 rings (SSSR count). The molecule has 6 heterocycles. The number of anilines is 3. The number of piperidine rings is 1. The Balaban J connectivity index is 1.34. The predicted molar refractivity (Wildman–Crippen MR) is 191 cm³/mol. The molecule has 2 atom stereocenters. The van der Waals surface area contributed by atoms with Gasteiger partial charge < -0.3 is 30.2 Å². The molecule has 0 aromatic carbocycles. The summed E-state index contributed by atoms with van der Waals surface area (Å²) in [5.74, 6) is 3.92. The number of rotatable bonds is 9. The minimum atomic E-state index is 0.132. The Labute approximate surface area is 276 Å². The molecule has 0 spiro atoms. The standard InChI is InChI=1S/C37H55N9/c1-26(2)33-22-29(24-36(41-33)44-14-10-31(38-5)11-15-44)28(4)34-23-30(25-37(42-34)45-16-12-39-13-17-45)27(3)32-8-7-9-35(40-32)46-20-18-43(6)19-21-46/h7-9,22-28,31,38-39H,10-21H2,1-6H3. The van der Waals surface area contributed by atoms with E-state index >= 15 is 0 Å². The molecule has 9 heteroatoms. The Hall–Kier alpha value is -3.27. The van der Waals surface area contributed by atoms with Gasteiger partial charge in [-0.25, -0.2) is 15.0 Å². The molecule has 0 amide bonds. The first kappa shape index (κ1) is 32.7. The maximum Gasteiger partial charge on any atom is 0.129 e. The zero-order valence-electron chi connectivity index (χ0n) is 29.0. The van der Waals surface area contributed by atoms with Gasteiger partial charge in [-0.3, -0.25) is 0 Å². The van der Waals surface area contributed by atoms with Crippen LogP contribution in [0.5, 0.6) is 0 Å². The van der Waals surface area contributed by atoms with Gasteiger partial charge in [0.1, 0.15) is 17.5 Å². The fourth-order valence-corrected chi connectivity index (χ4v) is 6.98. The van der Waals surface area contributed by atoms with E-state index in [-0.39, 0.29) is 11.8 Å². The van der Waals surface area contributed by atoms with Crippen LogP contribution in [0, 0.1) is 0 Å². The molecule has 2 unspecified atom stereocenters. The Morgan fingerprint density at radius 1 is 0.652 bits per heavy atom. The van der Waals surface area contributed by atoms with Gasteiger partial charge in [0.2, 0.25) is 0 Å². The highest BCUT2D eigenvalue weighted by Crippen LogP contribution is 2.34. The van der Waals surface area contributed by atoms with E-state index in [9.17, 15) is 0 Å². The number of hydrogen-bond donors (Lipinski definition) is 2. The molecule has 0 bridgehead atoms. The third-order valence-corrected chi connectivity index (χ3v) is 10.4. The monoisotopic (exact) mass is 625 g/mol. The Bertz CT molecular complexity index is 1440. The van der Waals surface area contributed by atoms with Crippen molar-refractivity contribution in [1.29, 1.82) is 0 Å². The average Bonchev–Trinajstić information content (AvgIpc) is 3.11. The number of likely N-dealkylation sites (N-methyl/N-ethyl adjacent to an activating group) is 1. The van der Waals surface area contributed by atoms with E-state index < -0.39 is 0 Å². The molecule has 0 aliphatic carbocycles. The molecule has 3 aliphatic rings. The SMILES string of the molecule is CNC1CCN(c2cc(C(C)c3cc(C(C)c4cccc(N5CCN(C)CC5)n4)cc(N4CCNCC4)n3)cc(C(C)C)n2)CC1. The first-order valence-electron chi connectivity index (χ1n) is 17.6. The summed E-state index contributed by atoms with van der Waals surface area (Å²) in [4.78, 5) is 25.5. The number of piperazine rings is 2. The topological polar surface area (TPSA) is 75.7 Å². The lowest BCUT2D eigenvalue weighted by atomic mass is 9.91. The maximum atomic E-state index is 5.37. The van der Waals surface area contributed by atoms with E-state index in [0.717, 1.165) is 113 Å². The van der Waals surface area contributed by atoms with Crippen molar-refractivity contribution >= 4 is 17.5 Å². The van der Waals surface area contributed by atoms with Crippen molar-refractivity contribution in [3.05, 3.63) is 70.7 Å². The zero-order valence-corrected chi connectivity index (χ0v) is 29.0. The van der Waals surface area contributed by atoms with Crippen LogP contribution >= 0.6 is 0 Å². The highest BCUT2D eigenvalue weighted by atomic mass is 15.3. The first-order valence-corrected chi connectivity index (χ1v) is 17.6. The minimum absolute atomic E-state index is 0.132. The molecule has 46 heavy (non-hydrogen) atoms. The number of nitrogens with zero attached hydrogens (tertiary/aromatic N) is 7. The average molecular weight is 626 g/mol. The van der Waals surface area contributed by atoms with Gasteiger partial charge in [-0.2, -0.15) is 0 Å². The minimum Gasteiger partial charge on any atom is -0.356 e. The molecule has 3 aliphatic heterocycles. The van der Waals surface area contributed by atoms with Crippen LogP contribution in [0.1, 0.15) is 86.5 Å². The highest BCUT2D eigenvalue weighted by molar-refractivity contribution is 5.51. The quantitative estimate of drug-likeness (QED) is 0.354. The third kappa shape index (κ3) is 7.48. The molecule has 3 aromatic heterocycles. The van der Waals surface area contributed by atoms with Crippen molar-refractivity contribution < 1.29 is 0 Å². The van der Waals surface area contributed by atoms with Gasteiger partial charge in [-0.05, 0) is 80.4 Å². The van der Waals surface area contributed by atoms with Crippen LogP contribution in [0.2, 0.25) is 0 Å². The summed E-state index contributed by atoms with van der Waals surface area (Å²) in [6.07, 6.45) is 2.29. The summed E-state index contributed by atoms with van der Waals surface area (Å²) < 4.78 is 0. The van der Waals surface area contributed by atoms with Crippen LogP contribution in [0.25, 0.3) is 0 Å². The Morgan fingerprint density at radius 3 is 1.83 bits per heavy atom. The van der Waals surface area contributed by atoms with Crippen LogP contribution in [0.4, 0.5) is 17.5 Å². The summed E-state index contributed by atoms with van der Waals surface area (Å²) in [5.41, 5.74) is 5.97. The van der Waals surface area contributed by atoms with Crippen molar-refractivity contribution in [3.8, 4) is 0 Å². The third-order valence-electron chi connectivity index (χ3n) is 10.4. The van der Waals surface area contributed by atoms with Crippen LogP contribution < -0.4 is 25.3 Å². The van der Waals surface area contributed by atoms with Crippen LogP contribution in [0.3, 0.4) is 0 Å². The molecule has 3 fully saturated rings. The van der Waals surface area contributed by atoms with E-state index in [1.807, 2.05) is 0 Å². The van der Waals surface area contributed by atoms with Gasteiger partial charge in [0, 0.05) is 94.7 Å². The number of hydrogen-bond acceptors (Lipinski definition) is 9. The summed E-state index contributed by atoms with van der Waals surface area (Å²) in [7, 11) is 4.28. The van der Waals surface area contributed by atoms with Crippen molar-refractivity contribution in [2.45, 2.75) is 64.3 Å². The van der Waals surface area contributed by atoms with Gasteiger partial charge in [0.15, 0.2) is 0 Å². The Morgan fingerprint density at radius 2 is 1.20 bits per heavy atom. The molecule has 0 radical (unpaired) electrons. The van der Waals surface area contributed by atoms with Gasteiger partial charge >= 0.3 is 0 Å². The van der Waals surface area contributed by atoms with Crippen molar-refractivity contribution in [1.82, 2.24) is 30.5 Å². The second-order valence-corrected chi connectivity index (χ2v) is 14.0. The molecule has 2 N–H and O–H groups in total. The molecule has 9 nitrogen and oxygen atoms in total. The van der Waals surface area contributed by atoms with Crippen LogP contribution in [-0.2, 0) is 0 Å². The fourth-order valence-electron chi connectivity index (χ4n) is 6.98. The van der Waals surface area contributed by atoms with Gasteiger partial charge in [0.05, 0.1) is 5.69 Å². The van der Waals surface area contributed by atoms with E-state index in [4.69, 9.17) is 15.0 Å². The van der Waals surface area contributed by atoms with Gasteiger partial charge in [-0.15, -0.1) is 0 Å². The van der Waals surface area contributed by atoms with E-state index in [1.165, 1.54) is 11.1 Å². The number of aromatic nitrogens is 3. The number of nitrogens with one attached hydrogen (secondary N) is 2. The molecular weight excluding hydrogens is 570 g/mol. The second kappa shape index (κ2) is 14.7. The lowest BCUT2D eigenvalue weighted by Gasteiger charge is -2.33. The van der Waals surface area contributed by atoms with Gasteiger partial charge in [-0.1, -0.05) is 33.8 Å². The summed E-state index contributed by atoms with van der Waals surface area (Å²) in [6.45, 7) is 19.3. The molecule has 248 valence electrons. The summed E-state index contributed by atoms with van der Waals surface area (Å²) >= 11 is 0. The first-order chi connectivity index (χ1) is 22.3. The summed E-state index contributed by atoms with van der Waals surface area (Å²) in [6, 6.07) is 16.5. The normalized spacial score (nSPS) is 19.9. The Kier molecular flexibility index (Phi) is 10.4. The lowest BCUT2D eigenvalue weighted by molar-refractivity contribution is 0.312. The van der Waals surface area contributed by atoms with E-state index in [2.05, 4.69) is 114 Å². The predicted octanol–water partition coefficient (Wildman–Crippen LogP) is 4.65. The second-order valence-electron chi connectivity index (χ2n) is 14.0. The maximum absolute atomic E-state index is 5.37. The van der Waals surface area contributed by atoms with Crippen molar-refractivity contribution in [2.24, 2.45) is 0 Å². The van der Waals surface area contributed by atoms with Crippen molar-refractivity contribution in [2.75, 3.05) is 94.2 Å². The molecule has 3 aromatic rings. The van der Waals surface area contributed by atoms with Gasteiger partial charge in [0.25, 0.3) is 0 Å². The smallest absolute Gasteiger partial charge is 0.129 e. The van der Waals surface area contributed by atoms with E-state index in [1.54, 1.807) is 0 Å². The van der Waals surface area contributed by atoms with E-state index in [0.29, 0.717) is 12.0 Å². The lowest BCUT2D eigenvalue weighted by Crippen LogP contribution is -2.44. The molecular formula is C37H55N9. The van der Waals surface area contributed by atoms with Crippen LogP contribution in [0.15, 0.2) is 42.5 Å². The largest absolute Gasteiger partial charge is 0.356 e. The summed E-state index contributed by atoms with van der Waals surface area (Å²) in [5, 5.41) is 6.97. The molecule has 0 saturated carbocycles. The van der Waals surface area contributed by atoms with Crippen LogP contribution in [-0.4, -0.2) is 105 Å². The number of pyridine rings is 3. The fraction of sp³-hybridized carbons (Fsp3) is 0.595. The van der Waals surface area contributed by atoms with Crippen molar-refractivity contribution in [3.63, 3.8) is 0 Å². The highest BCUT2D eigenvalue weighted by Gasteiger charge is 2.24. The molecule has 3 saturated heterocycles.